The summed E-state index contributed by atoms with van der Waals surface area (Å²) in [6.07, 6.45) is 0.458. The highest BCUT2D eigenvalue weighted by molar-refractivity contribution is 7.88. The van der Waals surface area contributed by atoms with Crippen LogP contribution in [0.25, 0.3) is 0 Å². The van der Waals surface area contributed by atoms with Gasteiger partial charge in [0, 0.05) is 12.4 Å². The topological polar surface area (TPSA) is 80.5 Å². The van der Waals surface area contributed by atoms with E-state index >= 15 is 0 Å². The fourth-order valence-electron chi connectivity index (χ4n) is 1.32. The van der Waals surface area contributed by atoms with Crippen LogP contribution in [0, 0.1) is 0 Å². The molecule has 8 heteroatoms. The monoisotopic (exact) mass is 286 g/mol. The molecule has 0 aliphatic carbocycles. The Balaban J connectivity index is 2.22. The summed E-state index contributed by atoms with van der Waals surface area (Å²) in [5.41, 5.74) is 2.29. The maximum atomic E-state index is 12.1. The highest BCUT2D eigenvalue weighted by Crippen LogP contribution is 2.18. The van der Waals surface area contributed by atoms with E-state index in [9.17, 15) is 13.2 Å². The summed E-state index contributed by atoms with van der Waals surface area (Å²) < 4.78 is 30.2. The van der Waals surface area contributed by atoms with Gasteiger partial charge < -0.3 is 4.42 Å². The standard InChI is InChI=1S/C10H10N2O4S2/c1-12(4-8-6-17-7-11-8)18(14,15)10-3-2-9(5-13)16-10/h2-3,5-7H,4H2,1H3. The van der Waals surface area contributed by atoms with E-state index in [0.717, 1.165) is 4.31 Å². The van der Waals surface area contributed by atoms with Gasteiger partial charge in [0.2, 0.25) is 5.09 Å². The van der Waals surface area contributed by atoms with Crippen molar-refractivity contribution in [1.29, 1.82) is 0 Å². The number of rotatable bonds is 5. The van der Waals surface area contributed by atoms with Crippen molar-refractivity contribution >= 4 is 27.6 Å². The molecule has 0 aromatic carbocycles. The van der Waals surface area contributed by atoms with Crippen LogP contribution in [0.5, 0.6) is 0 Å². The number of aldehydes is 1. The number of hydrogen-bond donors (Lipinski definition) is 0. The Morgan fingerprint density at radius 1 is 1.50 bits per heavy atom. The maximum absolute atomic E-state index is 12.1. The lowest BCUT2D eigenvalue weighted by molar-refractivity contribution is 0.109. The Morgan fingerprint density at radius 2 is 2.28 bits per heavy atom. The molecule has 0 radical (unpaired) electrons. The molecule has 96 valence electrons. The van der Waals surface area contributed by atoms with Gasteiger partial charge in [-0.05, 0) is 12.1 Å². The molecule has 0 spiro atoms. The quantitative estimate of drug-likeness (QED) is 0.775. The average Bonchev–Trinajstić information content (AvgIpc) is 2.99. The normalized spacial score (nSPS) is 11.9. The molecule has 0 atom stereocenters. The van der Waals surface area contributed by atoms with Crippen LogP contribution in [0.1, 0.15) is 16.2 Å². The van der Waals surface area contributed by atoms with E-state index < -0.39 is 10.0 Å². The van der Waals surface area contributed by atoms with Crippen LogP contribution in [0.15, 0.2) is 32.5 Å². The number of aromatic nitrogens is 1. The smallest absolute Gasteiger partial charge is 0.276 e. The molecule has 2 rings (SSSR count). The first kappa shape index (κ1) is 12.9. The number of carbonyl (C=O) groups is 1. The van der Waals surface area contributed by atoms with Gasteiger partial charge in [0.25, 0.3) is 10.0 Å². The van der Waals surface area contributed by atoms with Crippen LogP contribution >= 0.6 is 11.3 Å². The van der Waals surface area contributed by atoms with Crippen molar-refractivity contribution in [2.24, 2.45) is 0 Å². The molecular formula is C10H10N2O4S2. The summed E-state index contributed by atoms with van der Waals surface area (Å²) in [7, 11) is -2.30. The fourth-order valence-corrected chi connectivity index (χ4v) is 2.92. The predicted molar refractivity (Wildman–Crippen MR) is 64.9 cm³/mol. The molecule has 0 aliphatic heterocycles. The number of carbonyl (C=O) groups excluding carboxylic acids is 1. The molecule has 6 nitrogen and oxygen atoms in total. The number of nitrogens with zero attached hydrogens (tertiary/aromatic N) is 2. The second-order valence-electron chi connectivity index (χ2n) is 3.52. The van der Waals surface area contributed by atoms with E-state index in [1.54, 1.807) is 10.9 Å². The van der Waals surface area contributed by atoms with Gasteiger partial charge >= 0.3 is 0 Å². The third-order valence-electron chi connectivity index (χ3n) is 2.25. The highest BCUT2D eigenvalue weighted by Gasteiger charge is 2.25. The zero-order chi connectivity index (χ0) is 13.2. The first-order chi connectivity index (χ1) is 8.54. The summed E-state index contributed by atoms with van der Waals surface area (Å²) in [4.78, 5) is 14.5. The van der Waals surface area contributed by atoms with Crippen LogP contribution in [0.4, 0.5) is 0 Å². The SMILES string of the molecule is CN(Cc1cscn1)S(=O)(=O)c1ccc(C=O)o1. The summed E-state index contributed by atoms with van der Waals surface area (Å²) in [5.74, 6) is -0.0179. The van der Waals surface area contributed by atoms with Crippen molar-refractivity contribution in [1.82, 2.24) is 9.29 Å². The Bertz CT molecular complexity index is 631. The van der Waals surface area contributed by atoms with Gasteiger partial charge in [-0.15, -0.1) is 11.3 Å². The Kier molecular flexibility index (Phi) is 3.60. The minimum absolute atomic E-state index is 0.0179. The third-order valence-corrected chi connectivity index (χ3v) is 4.56. The van der Waals surface area contributed by atoms with Gasteiger partial charge in [-0.25, -0.2) is 13.4 Å². The molecule has 2 heterocycles. The molecule has 0 unspecified atom stereocenters. The Labute approximate surface area is 108 Å². The summed E-state index contributed by atoms with van der Waals surface area (Å²) in [5, 5.41) is 1.52. The van der Waals surface area contributed by atoms with Crippen LogP contribution in [0.2, 0.25) is 0 Å². The second-order valence-corrected chi connectivity index (χ2v) is 6.21. The minimum Gasteiger partial charge on any atom is -0.440 e. The molecular weight excluding hydrogens is 276 g/mol. The van der Waals surface area contributed by atoms with Gasteiger partial charge in [0.05, 0.1) is 17.7 Å². The van der Waals surface area contributed by atoms with Crippen LogP contribution < -0.4 is 0 Å². The lowest BCUT2D eigenvalue weighted by Gasteiger charge is -2.13. The molecule has 0 N–H and O–H groups in total. The zero-order valence-corrected chi connectivity index (χ0v) is 11.1. The van der Waals surface area contributed by atoms with Gasteiger partial charge in [-0.2, -0.15) is 4.31 Å². The van der Waals surface area contributed by atoms with Crippen molar-refractivity contribution in [3.05, 3.63) is 34.5 Å². The molecule has 0 saturated heterocycles. The van der Waals surface area contributed by atoms with E-state index in [1.165, 1.54) is 30.5 Å². The molecule has 0 fully saturated rings. The van der Waals surface area contributed by atoms with Crippen LogP contribution in [-0.2, 0) is 16.6 Å². The van der Waals surface area contributed by atoms with Crippen molar-refractivity contribution in [2.45, 2.75) is 11.6 Å². The van der Waals surface area contributed by atoms with E-state index in [0.29, 0.717) is 12.0 Å². The molecule has 2 aromatic heterocycles. The molecule has 0 aliphatic rings. The van der Waals surface area contributed by atoms with E-state index in [-0.39, 0.29) is 17.4 Å². The van der Waals surface area contributed by atoms with Gasteiger partial charge in [-0.1, -0.05) is 0 Å². The van der Waals surface area contributed by atoms with Crippen molar-refractivity contribution < 1.29 is 17.6 Å². The molecule has 2 aromatic rings. The lowest BCUT2D eigenvalue weighted by Crippen LogP contribution is -2.26. The Morgan fingerprint density at radius 3 is 2.83 bits per heavy atom. The molecule has 18 heavy (non-hydrogen) atoms. The number of hydrogen-bond acceptors (Lipinski definition) is 6. The maximum Gasteiger partial charge on any atom is 0.276 e. The third kappa shape index (κ3) is 2.50. The van der Waals surface area contributed by atoms with Crippen LogP contribution in [-0.4, -0.2) is 31.0 Å². The van der Waals surface area contributed by atoms with E-state index in [1.807, 2.05) is 0 Å². The van der Waals surface area contributed by atoms with Gasteiger partial charge in [0.15, 0.2) is 12.0 Å². The predicted octanol–water partition coefficient (Wildman–Crippen LogP) is 1.37. The van der Waals surface area contributed by atoms with Crippen LogP contribution in [0.3, 0.4) is 0 Å². The van der Waals surface area contributed by atoms with E-state index in [4.69, 9.17) is 4.42 Å². The lowest BCUT2D eigenvalue weighted by atomic mass is 10.5. The minimum atomic E-state index is -3.73. The summed E-state index contributed by atoms with van der Waals surface area (Å²) in [6.45, 7) is 0.156. The number of thiazole rings is 1. The first-order valence-corrected chi connectivity index (χ1v) is 7.31. The molecule has 0 saturated carbocycles. The first-order valence-electron chi connectivity index (χ1n) is 4.92. The van der Waals surface area contributed by atoms with Crippen molar-refractivity contribution in [3.63, 3.8) is 0 Å². The van der Waals surface area contributed by atoms with Crippen molar-refractivity contribution in [3.8, 4) is 0 Å². The average molecular weight is 286 g/mol. The van der Waals surface area contributed by atoms with Gasteiger partial charge in [0.1, 0.15) is 0 Å². The number of sulfonamides is 1. The van der Waals surface area contributed by atoms with E-state index in [2.05, 4.69) is 4.98 Å². The summed E-state index contributed by atoms with van der Waals surface area (Å²) in [6, 6.07) is 2.58. The highest BCUT2D eigenvalue weighted by atomic mass is 32.2. The number of furan rings is 1. The zero-order valence-electron chi connectivity index (χ0n) is 9.44. The van der Waals surface area contributed by atoms with Crippen molar-refractivity contribution in [2.75, 3.05) is 7.05 Å². The molecule has 0 amide bonds. The van der Waals surface area contributed by atoms with Gasteiger partial charge in [-0.3, -0.25) is 4.79 Å². The largest absolute Gasteiger partial charge is 0.440 e. The summed E-state index contributed by atoms with van der Waals surface area (Å²) >= 11 is 1.39. The second kappa shape index (κ2) is 5.01. The fraction of sp³-hybridized carbons (Fsp3) is 0.200. The Hall–Kier alpha value is -1.51. The molecule has 0 bridgehead atoms.